The molecule has 1 fully saturated rings. The van der Waals surface area contributed by atoms with Crippen LogP contribution in [0, 0.1) is 5.92 Å². The van der Waals surface area contributed by atoms with Crippen LogP contribution < -0.4 is 0 Å². The van der Waals surface area contributed by atoms with Gasteiger partial charge < -0.3 is 5.11 Å². The normalized spacial score (nSPS) is 19.3. The summed E-state index contributed by atoms with van der Waals surface area (Å²) in [5.74, 6) is 0.678. The molecule has 21 heavy (non-hydrogen) atoms. The Morgan fingerprint density at radius 2 is 2.00 bits per heavy atom. The molecule has 0 saturated carbocycles. The van der Waals surface area contributed by atoms with E-state index in [0.29, 0.717) is 12.0 Å². The Morgan fingerprint density at radius 3 is 2.57 bits per heavy atom. The highest BCUT2D eigenvalue weighted by Gasteiger charge is 2.22. The average molecular weight is 311 g/mol. The molecule has 0 bridgehead atoms. The lowest BCUT2D eigenvalue weighted by Crippen LogP contribution is -2.50. The van der Waals surface area contributed by atoms with E-state index in [9.17, 15) is 5.11 Å². The van der Waals surface area contributed by atoms with Gasteiger partial charge in [0.1, 0.15) is 0 Å². The van der Waals surface area contributed by atoms with Crippen LogP contribution in [0.1, 0.15) is 37.1 Å². The second-order valence-corrected chi connectivity index (χ2v) is 7.57. The molecule has 1 aliphatic rings. The van der Waals surface area contributed by atoms with Crippen LogP contribution in [-0.2, 0) is 13.0 Å². The minimum absolute atomic E-state index is 0.282. The molecule has 0 amide bonds. The van der Waals surface area contributed by atoms with Crippen LogP contribution in [-0.4, -0.2) is 58.7 Å². The summed E-state index contributed by atoms with van der Waals surface area (Å²) in [4.78, 5) is 10.9. The van der Waals surface area contributed by atoms with Crippen molar-refractivity contribution in [3.63, 3.8) is 0 Å². The summed E-state index contributed by atoms with van der Waals surface area (Å²) in [7, 11) is 0. The zero-order chi connectivity index (χ0) is 15.2. The van der Waals surface area contributed by atoms with Crippen LogP contribution in [0.25, 0.3) is 0 Å². The minimum atomic E-state index is 0.282. The SMILES string of the molecule is CCC(CO)N1CCN(Cc2cnc(CC(C)C)s2)CC1. The van der Waals surface area contributed by atoms with Crippen molar-refractivity contribution in [1.29, 1.82) is 0 Å². The first kappa shape index (κ1) is 16.9. The molecule has 1 atom stereocenters. The number of nitrogens with zero attached hydrogens (tertiary/aromatic N) is 3. The Kier molecular flexibility index (Phi) is 6.61. The molecular weight excluding hydrogens is 282 g/mol. The Labute approximate surface area is 132 Å². The summed E-state index contributed by atoms with van der Waals surface area (Å²) in [6.45, 7) is 12.3. The van der Waals surface area contributed by atoms with Crippen molar-refractivity contribution in [3.05, 3.63) is 16.1 Å². The number of thiazole rings is 1. The molecule has 2 rings (SSSR count). The van der Waals surface area contributed by atoms with Crippen LogP contribution in [0.5, 0.6) is 0 Å². The highest BCUT2D eigenvalue weighted by Crippen LogP contribution is 2.19. The summed E-state index contributed by atoms with van der Waals surface area (Å²) >= 11 is 1.86. The van der Waals surface area contributed by atoms with Gasteiger partial charge in [-0.25, -0.2) is 4.98 Å². The van der Waals surface area contributed by atoms with E-state index in [1.165, 1.54) is 9.88 Å². The number of aliphatic hydroxyl groups excluding tert-OH is 1. The summed E-state index contributed by atoms with van der Waals surface area (Å²) in [5.41, 5.74) is 0. The van der Waals surface area contributed by atoms with Gasteiger partial charge >= 0.3 is 0 Å². The molecule has 1 unspecified atom stereocenters. The van der Waals surface area contributed by atoms with Crippen molar-refractivity contribution in [2.45, 2.75) is 46.2 Å². The maximum atomic E-state index is 9.39. The van der Waals surface area contributed by atoms with Gasteiger partial charge in [0.15, 0.2) is 0 Å². The Hall–Kier alpha value is -0.490. The van der Waals surface area contributed by atoms with Gasteiger partial charge in [0.25, 0.3) is 0 Å². The lowest BCUT2D eigenvalue weighted by molar-refractivity contribution is 0.0612. The third-order valence-electron chi connectivity index (χ3n) is 4.17. The zero-order valence-corrected chi connectivity index (χ0v) is 14.4. The quantitative estimate of drug-likeness (QED) is 0.838. The molecule has 5 heteroatoms. The van der Waals surface area contributed by atoms with Crippen LogP contribution in [0.4, 0.5) is 0 Å². The molecule has 1 saturated heterocycles. The topological polar surface area (TPSA) is 39.6 Å². The van der Waals surface area contributed by atoms with Crippen molar-refractivity contribution in [2.75, 3.05) is 32.8 Å². The largest absolute Gasteiger partial charge is 0.395 e. The van der Waals surface area contributed by atoms with Gasteiger partial charge in [-0.1, -0.05) is 20.8 Å². The van der Waals surface area contributed by atoms with Crippen molar-refractivity contribution in [2.24, 2.45) is 5.92 Å². The summed E-state index contributed by atoms with van der Waals surface area (Å²) in [6.07, 6.45) is 4.17. The smallest absolute Gasteiger partial charge is 0.0930 e. The van der Waals surface area contributed by atoms with E-state index in [2.05, 4.69) is 41.8 Å². The molecule has 0 aliphatic carbocycles. The molecule has 0 aromatic carbocycles. The average Bonchev–Trinajstić information content (AvgIpc) is 2.88. The van der Waals surface area contributed by atoms with Gasteiger partial charge in [0, 0.05) is 56.3 Å². The minimum Gasteiger partial charge on any atom is -0.395 e. The lowest BCUT2D eigenvalue weighted by atomic mass is 10.1. The van der Waals surface area contributed by atoms with Crippen LogP contribution in [0.3, 0.4) is 0 Å². The van der Waals surface area contributed by atoms with Crippen LogP contribution in [0.2, 0.25) is 0 Å². The van der Waals surface area contributed by atoms with Gasteiger partial charge in [-0.3, -0.25) is 9.80 Å². The third kappa shape index (κ3) is 5.02. The molecule has 0 radical (unpaired) electrons. The fourth-order valence-corrected chi connectivity index (χ4v) is 4.05. The number of piperazine rings is 1. The number of rotatable bonds is 7. The lowest BCUT2D eigenvalue weighted by Gasteiger charge is -2.38. The highest BCUT2D eigenvalue weighted by molar-refractivity contribution is 7.11. The van der Waals surface area contributed by atoms with E-state index in [-0.39, 0.29) is 6.61 Å². The Bertz CT molecular complexity index is 409. The predicted octanol–water partition coefficient (Wildman–Crippen LogP) is 2.23. The van der Waals surface area contributed by atoms with E-state index < -0.39 is 0 Å². The summed E-state index contributed by atoms with van der Waals surface area (Å²) < 4.78 is 0. The first-order valence-corrected chi connectivity index (χ1v) is 8.94. The second-order valence-electron chi connectivity index (χ2n) is 6.38. The molecule has 4 nitrogen and oxygen atoms in total. The fourth-order valence-electron chi connectivity index (χ4n) is 2.87. The Balaban J connectivity index is 1.79. The maximum Gasteiger partial charge on any atom is 0.0930 e. The molecule has 1 aromatic rings. The van der Waals surface area contributed by atoms with Gasteiger partial charge in [0.2, 0.25) is 0 Å². The van der Waals surface area contributed by atoms with Crippen molar-refractivity contribution < 1.29 is 5.11 Å². The number of aromatic nitrogens is 1. The third-order valence-corrected chi connectivity index (χ3v) is 5.17. The van der Waals surface area contributed by atoms with E-state index in [1.54, 1.807) is 0 Å². The van der Waals surface area contributed by atoms with Gasteiger partial charge in [-0.15, -0.1) is 11.3 Å². The zero-order valence-electron chi connectivity index (χ0n) is 13.6. The van der Waals surface area contributed by atoms with Crippen molar-refractivity contribution in [3.8, 4) is 0 Å². The predicted molar refractivity (Wildman–Crippen MR) is 88.7 cm³/mol. The number of hydrogen-bond acceptors (Lipinski definition) is 5. The molecule has 0 spiro atoms. The number of hydrogen-bond donors (Lipinski definition) is 1. The van der Waals surface area contributed by atoms with E-state index in [1.807, 2.05) is 11.3 Å². The fraction of sp³-hybridized carbons (Fsp3) is 0.812. The standard InChI is InChI=1S/C16H29N3OS/c1-4-14(12-20)19-7-5-18(6-8-19)11-15-10-17-16(21-15)9-13(2)3/h10,13-14,20H,4-9,11-12H2,1-3H3. The number of aliphatic hydroxyl groups is 1. The van der Waals surface area contributed by atoms with Gasteiger partial charge in [-0.2, -0.15) is 0 Å². The van der Waals surface area contributed by atoms with Crippen molar-refractivity contribution >= 4 is 11.3 Å². The van der Waals surface area contributed by atoms with E-state index in [4.69, 9.17) is 0 Å². The molecule has 1 aromatic heterocycles. The second kappa shape index (κ2) is 8.22. The van der Waals surface area contributed by atoms with Gasteiger partial charge in [-0.05, 0) is 12.3 Å². The Morgan fingerprint density at radius 1 is 1.29 bits per heavy atom. The summed E-state index contributed by atoms with van der Waals surface area (Å²) in [6, 6.07) is 0.341. The van der Waals surface area contributed by atoms with E-state index in [0.717, 1.165) is 45.6 Å². The molecule has 120 valence electrons. The van der Waals surface area contributed by atoms with Crippen LogP contribution >= 0.6 is 11.3 Å². The van der Waals surface area contributed by atoms with Crippen LogP contribution in [0.15, 0.2) is 6.20 Å². The first-order valence-electron chi connectivity index (χ1n) is 8.13. The molecule has 1 N–H and O–H groups in total. The monoisotopic (exact) mass is 311 g/mol. The highest BCUT2D eigenvalue weighted by atomic mass is 32.1. The molecular formula is C16H29N3OS. The maximum absolute atomic E-state index is 9.39. The van der Waals surface area contributed by atoms with Gasteiger partial charge in [0.05, 0.1) is 11.6 Å². The summed E-state index contributed by atoms with van der Waals surface area (Å²) in [5, 5.41) is 10.7. The van der Waals surface area contributed by atoms with Crippen molar-refractivity contribution in [1.82, 2.24) is 14.8 Å². The first-order chi connectivity index (χ1) is 10.1. The molecule has 1 aliphatic heterocycles. The van der Waals surface area contributed by atoms with E-state index >= 15 is 0 Å². The molecule has 2 heterocycles.